The van der Waals surface area contributed by atoms with E-state index in [0.717, 1.165) is 22.6 Å². The molecule has 0 atom stereocenters. The van der Waals surface area contributed by atoms with E-state index in [4.69, 9.17) is 39.8 Å². The van der Waals surface area contributed by atoms with Crippen molar-refractivity contribution in [3.8, 4) is 17.1 Å². The van der Waals surface area contributed by atoms with Gasteiger partial charge < -0.3 is 4.57 Å². The summed E-state index contributed by atoms with van der Waals surface area (Å²) in [5, 5.41) is 0.440. The average molecular weight is 561 g/mol. The average Bonchev–Trinajstić information content (AvgIpc) is 3.53. The second-order valence-electron chi connectivity index (χ2n) is 9.05. The Labute approximate surface area is 233 Å². The normalized spacial score (nSPS) is 14.2. The molecule has 3 aromatic carbocycles. The number of para-hydroxylation sites is 1. The van der Waals surface area contributed by atoms with Crippen LogP contribution in [0.3, 0.4) is 0 Å². The fourth-order valence-corrected chi connectivity index (χ4v) is 6.12. The molecule has 0 unspecified atom stereocenters. The fraction of sp³-hybridized carbons (Fsp3) is 0.100. The molecule has 2 aromatic heterocycles. The fourth-order valence-electron chi connectivity index (χ4n) is 5.05. The number of halogens is 3. The quantitative estimate of drug-likeness (QED) is 0.127. The molecule has 0 saturated carbocycles. The van der Waals surface area contributed by atoms with Crippen LogP contribution in [0.25, 0.3) is 34.3 Å². The van der Waals surface area contributed by atoms with Crippen molar-refractivity contribution in [2.75, 3.05) is 0 Å². The van der Waals surface area contributed by atoms with Crippen molar-refractivity contribution in [3.63, 3.8) is 0 Å². The standard InChI is InChI=1S/C30H20Cl3N3O2/c1-3-19-24(31)22-23(26(33)25(19)32)28(38)20(27(22)37)14-18-15-21-30(36(18)17-12-8-5-9-13-17)34-29(35(21)2)16-10-6-4-7-11-16/h4-15H,3H2,1-2H3/b20-14+. The van der Waals surface area contributed by atoms with E-state index in [1.807, 2.05) is 89.8 Å². The first-order chi connectivity index (χ1) is 18.3. The van der Waals surface area contributed by atoms with E-state index < -0.39 is 11.6 Å². The van der Waals surface area contributed by atoms with Gasteiger partial charge in [-0.15, -0.1) is 0 Å². The van der Waals surface area contributed by atoms with Gasteiger partial charge in [0.15, 0.2) is 17.2 Å². The molecule has 188 valence electrons. The van der Waals surface area contributed by atoms with Gasteiger partial charge in [0.25, 0.3) is 0 Å². The summed E-state index contributed by atoms with van der Waals surface area (Å²) in [5.41, 5.74) is 4.71. The Morgan fingerprint density at radius 1 is 0.842 bits per heavy atom. The van der Waals surface area contributed by atoms with Gasteiger partial charge in [-0.25, -0.2) is 4.98 Å². The molecule has 0 spiro atoms. The van der Waals surface area contributed by atoms with E-state index in [9.17, 15) is 9.59 Å². The lowest BCUT2D eigenvalue weighted by atomic mass is 10.0. The van der Waals surface area contributed by atoms with Crippen LogP contribution in [0.5, 0.6) is 0 Å². The van der Waals surface area contributed by atoms with Crippen LogP contribution in [-0.4, -0.2) is 25.7 Å². The van der Waals surface area contributed by atoms with Crippen molar-refractivity contribution in [2.45, 2.75) is 13.3 Å². The number of allylic oxidation sites excluding steroid dienone is 1. The largest absolute Gasteiger partial charge is 0.326 e. The van der Waals surface area contributed by atoms with Gasteiger partial charge in [-0.2, -0.15) is 0 Å². The molecule has 1 aliphatic rings. The Bertz CT molecular complexity index is 1820. The van der Waals surface area contributed by atoms with Crippen LogP contribution in [0.1, 0.15) is 38.9 Å². The molecule has 6 rings (SSSR count). The van der Waals surface area contributed by atoms with Gasteiger partial charge in [-0.05, 0) is 36.3 Å². The third kappa shape index (κ3) is 3.57. The van der Waals surface area contributed by atoms with Gasteiger partial charge in [-0.1, -0.05) is 90.3 Å². The SMILES string of the molecule is CCc1c(Cl)c(Cl)c2c(c1Cl)C(=O)/C(=C\c1cc3c(nc(-c4ccccc4)n3C)n1-c1ccccc1)C2=O. The Hall–Kier alpha value is -3.64. The van der Waals surface area contributed by atoms with E-state index in [0.29, 0.717) is 23.3 Å². The van der Waals surface area contributed by atoms with Crippen LogP contribution in [0.2, 0.25) is 15.1 Å². The smallest absolute Gasteiger partial charge is 0.199 e. The van der Waals surface area contributed by atoms with Crippen LogP contribution in [-0.2, 0) is 13.5 Å². The van der Waals surface area contributed by atoms with Crippen molar-refractivity contribution in [1.82, 2.24) is 14.1 Å². The number of rotatable bonds is 4. The first kappa shape index (κ1) is 24.7. The Balaban J connectivity index is 1.58. The maximum absolute atomic E-state index is 13.6. The zero-order valence-corrected chi connectivity index (χ0v) is 22.7. The molecular formula is C30H20Cl3N3O2. The number of Topliss-reactive ketones (excluding diaryl/α,β-unsaturated/α-hetero) is 2. The third-order valence-corrected chi connectivity index (χ3v) is 8.23. The molecule has 38 heavy (non-hydrogen) atoms. The molecule has 0 radical (unpaired) electrons. The van der Waals surface area contributed by atoms with E-state index in [2.05, 4.69) is 0 Å². The molecule has 0 saturated heterocycles. The number of fused-ring (bicyclic) bond motifs is 2. The number of benzene rings is 3. The molecule has 8 heteroatoms. The number of carbonyl (C=O) groups excluding carboxylic acids is 2. The number of aryl methyl sites for hydroxylation is 1. The second-order valence-corrected chi connectivity index (χ2v) is 10.2. The Kier molecular flexibility index (Phi) is 6.03. The van der Waals surface area contributed by atoms with Crippen molar-refractivity contribution in [2.24, 2.45) is 7.05 Å². The highest BCUT2D eigenvalue weighted by atomic mass is 35.5. The number of hydrogen-bond acceptors (Lipinski definition) is 3. The number of nitrogens with zero attached hydrogens (tertiary/aromatic N) is 3. The van der Waals surface area contributed by atoms with Gasteiger partial charge in [0.1, 0.15) is 5.82 Å². The molecule has 0 N–H and O–H groups in total. The summed E-state index contributed by atoms with van der Waals surface area (Å²) >= 11 is 19.5. The summed E-state index contributed by atoms with van der Waals surface area (Å²) in [4.78, 5) is 32.1. The van der Waals surface area contributed by atoms with Crippen LogP contribution in [0, 0.1) is 0 Å². The molecule has 0 fully saturated rings. The number of ketones is 2. The molecule has 2 heterocycles. The molecule has 0 amide bonds. The van der Waals surface area contributed by atoms with Gasteiger partial charge in [0, 0.05) is 18.3 Å². The molecule has 5 nitrogen and oxygen atoms in total. The molecule has 1 aliphatic carbocycles. The summed E-state index contributed by atoms with van der Waals surface area (Å²) in [7, 11) is 1.94. The monoisotopic (exact) mass is 559 g/mol. The van der Waals surface area contributed by atoms with Crippen LogP contribution in [0.15, 0.2) is 72.3 Å². The summed E-state index contributed by atoms with van der Waals surface area (Å²) < 4.78 is 3.94. The molecule has 5 aromatic rings. The summed E-state index contributed by atoms with van der Waals surface area (Å²) in [6, 6.07) is 21.5. The predicted molar refractivity (Wildman–Crippen MR) is 153 cm³/mol. The highest BCUT2D eigenvalue weighted by Gasteiger charge is 2.39. The van der Waals surface area contributed by atoms with E-state index in [1.165, 1.54) is 0 Å². The predicted octanol–water partition coefficient (Wildman–Crippen LogP) is 8.02. The van der Waals surface area contributed by atoms with Crippen molar-refractivity contribution in [1.29, 1.82) is 0 Å². The van der Waals surface area contributed by atoms with Gasteiger partial charge in [-0.3, -0.25) is 14.2 Å². The maximum atomic E-state index is 13.6. The molecular weight excluding hydrogens is 541 g/mol. The molecule has 0 bridgehead atoms. The van der Waals surface area contributed by atoms with E-state index in [1.54, 1.807) is 6.08 Å². The molecule has 0 aliphatic heterocycles. The number of hydrogen-bond donors (Lipinski definition) is 0. The highest BCUT2D eigenvalue weighted by Crippen LogP contribution is 2.44. The lowest BCUT2D eigenvalue weighted by molar-refractivity contribution is 0.0990. The van der Waals surface area contributed by atoms with E-state index in [-0.39, 0.29) is 31.8 Å². The number of aromatic nitrogens is 3. The van der Waals surface area contributed by atoms with Crippen LogP contribution >= 0.6 is 34.8 Å². The summed E-state index contributed by atoms with van der Waals surface area (Å²) in [6.07, 6.45) is 2.07. The van der Waals surface area contributed by atoms with Crippen molar-refractivity contribution in [3.05, 3.63) is 110 Å². The zero-order chi connectivity index (χ0) is 26.7. The minimum Gasteiger partial charge on any atom is -0.326 e. The lowest BCUT2D eigenvalue weighted by Crippen LogP contribution is -2.03. The second kappa shape index (κ2) is 9.28. The topological polar surface area (TPSA) is 56.9 Å². The third-order valence-electron chi connectivity index (χ3n) is 6.92. The van der Waals surface area contributed by atoms with Gasteiger partial charge in [0.2, 0.25) is 0 Å². The van der Waals surface area contributed by atoms with Crippen LogP contribution < -0.4 is 0 Å². The highest BCUT2D eigenvalue weighted by molar-refractivity contribution is 6.53. The summed E-state index contributed by atoms with van der Waals surface area (Å²) in [5.74, 6) is -0.157. The number of carbonyl (C=O) groups is 2. The van der Waals surface area contributed by atoms with Crippen molar-refractivity contribution >= 4 is 63.6 Å². The number of imidazole rings is 1. The lowest BCUT2D eigenvalue weighted by Gasteiger charge is -2.10. The Morgan fingerprint density at radius 2 is 1.45 bits per heavy atom. The van der Waals surface area contributed by atoms with Crippen molar-refractivity contribution < 1.29 is 9.59 Å². The van der Waals surface area contributed by atoms with E-state index >= 15 is 0 Å². The first-order valence-electron chi connectivity index (χ1n) is 12.0. The summed E-state index contributed by atoms with van der Waals surface area (Å²) in [6.45, 7) is 1.86. The van der Waals surface area contributed by atoms with Crippen LogP contribution in [0.4, 0.5) is 0 Å². The minimum atomic E-state index is -0.496. The van der Waals surface area contributed by atoms with Gasteiger partial charge >= 0.3 is 0 Å². The maximum Gasteiger partial charge on any atom is 0.199 e. The zero-order valence-electron chi connectivity index (χ0n) is 20.4. The Morgan fingerprint density at radius 3 is 2.08 bits per heavy atom. The van der Waals surface area contributed by atoms with Gasteiger partial charge in [0.05, 0.1) is 43.0 Å². The first-order valence-corrected chi connectivity index (χ1v) is 13.2. The minimum absolute atomic E-state index is 0.0172.